The molecule has 2 saturated heterocycles. The molecule has 2 aromatic rings. The first-order chi connectivity index (χ1) is 15.1. The Hall–Kier alpha value is -2.37. The van der Waals surface area contributed by atoms with Crippen LogP contribution in [-0.4, -0.2) is 66.7 Å². The van der Waals surface area contributed by atoms with Crippen molar-refractivity contribution in [2.24, 2.45) is 0 Å². The van der Waals surface area contributed by atoms with E-state index < -0.39 is 0 Å². The van der Waals surface area contributed by atoms with Crippen molar-refractivity contribution in [3.63, 3.8) is 0 Å². The van der Waals surface area contributed by atoms with Gasteiger partial charge in [-0.25, -0.2) is 0 Å². The number of morpholine rings is 1. The molecule has 2 aliphatic heterocycles. The molecule has 2 aromatic carbocycles. The van der Waals surface area contributed by atoms with E-state index in [1.807, 2.05) is 43.0 Å². The fourth-order valence-corrected chi connectivity index (χ4v) is 4.58. The Morgan fingerprint density at radius 3 is 2.26 bits per heavy atom. The standard InChI is InChI=1S/C26H34N2O3/c1-20-18-28(19-21(2)30-20)26(29)23-8-10-24(11-9-23)31-25-13-16-27(17-14-25)15-12-22-6-4-3-5-7-22/h3-11,20-21,25H,12-19H2,1-2H3/t20-,21+. The molecule has 2 atom stereocenters. The molecule has 0 spiro atoms. The number of amides is 1. The number of carbonyl (C=O) groups excluding carboxylic acids is 1. The second-order valence-electron chi connectivity index (χ2n) is 8.89. The molecule has 2 aliphatic rings. The van der Waals surface area contributed by atoms with Crippen molar-refractivity contribution < 1.29 is 14.3 Å². The van der Waals surface area contributed by atoms with Crippen LogP contribution in [0.25, 0.3) is 0 Å². The highest BCUT2D eigenvalue weighted by atomic mass is 16.5. The number of carbonyl (C=O) groups is 1. The van der Waals surface area contributed by atoms with Crippen LogP contribution in [0.15, 0.2) is 54.6 Å². The summed E-state index contributed by atoms with van der Waals surface area (Å²) in [5, 5.41) is 0. The van der Waals surface area contributed by atoms with Crippen molar-refractivity contribution >= 4 is 5.91 Å². The summed E-state index contributed by atoms with van der Waals surface area (Å²) in [6, 6.07) is 18.3. The first-order valence-corrected chi connectivity index (χ1v) is 11.5. The van der Waals surface area contributed by atoms with E-state index in [1.54, 1.807) is 0 Å². The Morgan fingerprint density at radius 1 is 0.968 bits per heavy atom. The van der Waals surface area contributed by atoms with Gasteiger partial charge in [-0.2, -0.15) is 0 Å². The van der Waals surface area contributed by atoms with Gasteiger partial charge >= 0.3 is 0 Å². The van der Waals surface area contributed by atoms with E-state index in [1.165, 1.54) is 5.56 Å². The van der Waals surface area contributed by atoms with Crippen LogP contribution in [0.4, 0.5) is 0 Å². The molecule has 5 heteroatoms. The van der Waals surface area contributed by atoms with Crippen molar-refractivity contribution in [1.82, 2.24) is 9.80 Å². The molecule has 166 valence electrons. The maximum atomic E-state index is 12.8. The first kappa shape index (κ1) is 21.8. The Kier molecular flexibility index (Phi) is 7.25. The molecule has 2 fully saturated rings. The lowest BCUT2D eigenvalue weighted by atomic mass is 10.1. The van der Waals surface area contributed by atoms with Crippen LogP contribution in [0.3, 0.4) is 0 Å². The van der Waals surface area contributed by atoms with Gasteiger partial charge in [-0.1, -0.05) is 30.3 Å². The average Bonchev–Trinajstić information content (AvgIpc) is 2.79. The third kappa shape index (κ3) is 6.08. The van der Waals surface area contributed by atoms with Crippen molar-refractivity contribution in [3.8, 4) is 5.75 Å². The molecule has 0 radical (unpaired) electrons. The Labute approximate surface area is 185 Å². The maximum absolute atomic E-state index is 12.8. The first-order valence-electron chi connectivity index (χ1n) is 11.5. The zero-order chi connectivity index (χ0) is 21.6. The number of ether oxygens (including phenoxy) is 2. The third-order valence-corrected chi connectivity index (χ3v) is 6.20. The predicted octanol–water partition coefficient (Wildman–Crippen LogP) is 4.02. The van der Waals surface area contributed by atoms with E-state index in [9.17, 15) is 4.79 Å². The molecule has 1 amide bonds. The monoisotopic (exact) mass is 422 g/mol. The highest BCUT2D eigenvalue weighted by Gasteiger charge is 2.26. The molecule has 0 unspecified atom stereocenters. The summed E-state index contributed by atoms with van der Waals surface area (Å²) in [4.78, 5) is 17.2. The summed E-state index contributed by atoms with van der Waals surface area (Å²) in [5.74, 6) is 0.920. The van der Waals surface area contributed by atoms with Gasteiger partial charge in [0.05, 0.1) is 12.2 Å². The maximum Gasteiger partial charge on any atom is 0.254 e. The van der Waals surface area contributed by atoms with Gasteiger partial charge < -0.3 is 19.3 Å². The summed E-state index contributed by atoms with van der Waals surface area (Å²) < 4.78 is 11.9. The van der Waals surface area contributed by atoms with Gasteiger partial charge in [-0.15, -0.1) is 0 Å². The van der Waals surface area contributed by atoms with Crippen LogP contribution in [0, 0.1) is 0 Å². The van der Waals surface area contributed by atoms with E-state index in [0.717, 1.165) is 44.6 Å². The van der Waals surface area contributed by atoms with Crippen LogP contribution in [0.2, 0.25) is 0 Å². The fourth-order valence-electron chi connectivity index (χ4n) is 4.58. The lowest BCUT2D eigenvalue weighted by molar-refractivity contribution is -0.0586. The average molecular weight is 423 g/mol. The van der Waals surface area contributed by atoms with Gasteiger partial charge in [0.1, 0.15) is 11.9 Å². The minimum Gasteiger partial charge on any atom is -0.490 e. The number of likely N-dealkylation sites (tertiary alicyclic amines) is 1. The lowest BCUT2D eigenvalue weighted by Crippen LogP contribution is -2.48. The van der Waals surface area contributed by atoms with Gasteiger partial charge in [0.25, 0.3) is 5.91 Å². The van der Waals surface area contributed by atoms with Gasteiger partial charge in [0.15, 0.2) is 0 Å². The van der Waals surface area contributed by atoms with E-state index in [4.69, 9.17) is 9.47 Å². The van der Waals surface area contributed by atoms with Crippen molar-refractivity contribution in [1.29, 1.82) is 0 Å². The number of rotatable bonds is 6. The van der Waals surface area contributed by atoms with E-state index >= 15 is 0 Å². The summed E-state index contributed by atoms with van der Waals surface area (Å²) in [6.07, 6.45) is 3.58. The largest absolute Gasteiger partial charge is 0.490 e. The molecular formula is C26H34N2O3. The fraction of sp³-hybridized carbons (Fsp3) is 0.500. The van der Waals surface area contributed by atoms with Crippen molar-refractivity contribution in [2.75, 3.05) is 32.7 Å². The van der Waals surface area contributed by atoms with Gasteiger partial charge in [0.2, 0.25) is 0 Å². The molecular weight excluding hydrogens is 388 g/mol. The zero-order valence-corrected chi connectivity index (χ0v) is 18.7. The summed E-state index contributed by atoms with van der Waals surface area (Å²) in [6.45, 7) is 8.56. The smallest absolute Gasteiger partial charge is 0.254 e. The Balaban J connectivity index is 1.23. The van der Waals surface area contributed by atoms with Crippen LogP contribution < -0.4 is 4.74 Å². The molecule has 5 nitrogen and oxygen atoms in total. The predicted molar refractivity (Wildman–Crippen MR) is 123 cm³/mol. The lowest BCUT2D eigenvalue weighted by Gasteiger charge is -2.35. The molecule has 4 rings (SSSR count). The van der Waals surface area contributed by atoms with E-state index in [0.29, 0.717) is 18.7 Å². The topological polar surface area (TPSA) is 42.0 Å². The normalized spacial score (nSPS) is 23.0. The summed E-state index contributed by atoms with van der Waals surface area (Å²) in [7, 11) is 0. The number of hydrogen-bond acceptors (Lipinski definition) is 4. The van der Waals surface area contributed by atoms with Crippen LogP contribution in [0.5, 0.6) is 5.75 Å². The van der Waals surface area contributed by atoms with Crippen LogP contribution >= 0.6 is 0 Å². The van der Waals surface area contributed by atoms with Crippen LogP contribution in [-0.2, 0) is 11.2 Å². The van der Waals surface area contributed by atoms with Crippen LogP contribution in [0.1, 0.15) is 42.6 Å². The highest BCUT2D eigenvalue weighted by Crippen LogP contribution is 2.21. The number of hydrogen-bond donors (Lipinski definition) is 0. The Bertz CT molecular complexity index is 821. The molecule has 2 heterocycles. The second-order valence-corrected chi connectivity index (χ2v) is 8.89. The van der Waals surface area contributed by atoms with Crippen molar-refractivity contribution in [2.45, 2.75) is 51.4 Å². The van der Waals surface area contributed by atoms with E-state index in [2.05, 4.69) is 35.2 Å². The molecule has 0 N–H and O–H groups in total. The molecule has 0 aliphatic carbocycles. The Morgan fingerprint density at radius 2 is 1.61 bits per heavy atom. The van der Waals surface area contributed by atoms with Gasteiger partial charge in [-0.05, 0) is 62.9 Å². The SMILES string of the molecule is C[C@@H]1CN(C(=O)c2ccc(OC3CCN(CCc4ccccc4)CC3)cc2)C[C@H](C)O1. The molecule has 0 bridgehead atoms. The number of nitrogens with zero attached hydrogens (tertiary/aromatic N) is 2. The second kappa shape index (κ2) is 10.3. The third-order valence-electron chi connectivity index (χ3n) is 6.20. The summed E-state index contributed by atoms with van der Waals surface area (Å²) in [5.41, 5.74) is 2.11. The van der Waals surface area contributed by atoms with E-state index in [-0.39, 0.29) is 24.2 Å². The molecule has 31 heavy (non-hydrogen) atoms. The minimum atomic E-state index is 0.0697. The van der Waals surface area contributed by atoms with Gasteiger partial charge in [-0.3, -0.25) is 4.79 Å². The van der Waals surface area contributed by atoms with Crippen molar-refractivity contribution in [3.05, 3.63) is 65.7 Å². The zero-order valence-electron chi connectivity index (χ0n) is 18.7. The van der Waals surface area contributed by atoms with Gasteiger partial charge in [0, 0.05) is 38.3 Å². The quantitative estimate of drug-likeness (QED) is 0.705. The minimum absolute atomic E-state index is 0.0697. The number of piperidine rings is 1. The number of benzene rings is 2. The molecule has 0 saturated carbocycles. The molecule has 0 aromatic heterocycles. The highest BCUT2D eigenvalue weighted by molar-refractivity contribution is 5.94. The summed E-state index contributed by atoms with van der Waals surface area (Å²) >= 11 is 0.